The number of aromatic nitrogens is 2. The third-order valence-electron chi connectivity index (χ3n) is 4.66. The molecular weight excluding hydrogens is 435 g/mol. The van der Waals surface area contributed by atoms with Crippen LogP contribution < -0.4 is 10.9 Å². The fourth-order valence-electron chi connectivity index (χ4n) is 2.80. The number of alkyl halides is 3. The van der Waals surface area contributed by atoms with E-state index in [4.69, 9.17) is 14.2 Å². The van der Waals surface area contributed by atoms with Gasteiger partial charge in [-0.05, 0) is 19.4 Å². The second kappa shape index (κ2) is 10.6. The van der Waals surface area contributed by atoms with Gasteiger partial charge in [0.25, 0.3) is 5.56 Å². The maximum absolute atomic E-state index is 13.6. The number of anilines is 1. The number of rotatable bonds is 12. The van der Waals surface area contributed by atoms with Crippen LogP contribution in [0.4, 0.5) is 18.9 Å². The van der Waals surface area contributed by atoms with Crippen molar-refractivity contribution in [1.29, 1.82) is 0 Å². The first-order chi connectivity index (χ1) is 14.4. The van der Waals surface area contributed by atoms with Crippen molar-refractivity contribution in [2.75, 3.05) is 31.7 Å². The zero-order chi connectivity index (χ0) is 23.2. The minimum Gasteiger partial charge on any atom is -0.464 e. The molecular formula is C19H30F3N3O5Si. The number of hydrogen-bond donors (Lipinski definition) is 1. The average Bonchev–Trinajstić information content (AvgIpc) is 3.36. The van der Waals surface area contributed by atoms with E-state index in [2.05, 4.69) is 30.1 Å². The maximum Gasteiger partial charge on any atom is 0.423 e. The van der Waals surface area contributed by atoms with Gasteiger partial charge in [0.05, 0.1) is 25.1 Å². The number of carbonyl (C=O) groups excluding carboxylic acids is 1. The predicted molar refractivity (Wildman–Crippen MR) is 111 cm³/mol. The fraction of sp³-hybridized carbons (Fsp3) is 0.737. The van der Waals surface area contributed by atoms with Gasteiger partial charge in [0.15, 0.2) is 0 Å². The Kier molecular flexibility index (Phi) is 8.66. The first-order valence-corrected chi connectivity index (χ1v) is 13.9. The molecule has 1 saturated carbocycles. The highest BCUT2D eigenvalue weighted by Crippen LogP contribution is 2.37. The molecule has 2 rings (SSSR count). The summed E-state index contributed by atoms with van der Waals surface area (Å²) < 4.78 is 56.7. The quantitative estimate of drug-likeness (QED) is 0.288. The average molecular weight is 466 g/mol. The van der Waals surface area contributed by atoms with E-state index >= 15 is 0 Å². The molecule has 0 saturated heterocycles. The number of carbonyl (C=O) groups is 1. The van der Waals surface area contributed by atoms with Gasteiger partial charge in [-0.2, -0.15) is 18.3 Å². The summed E-state index contributed by atoms with van der Waals surface area (Å²) in [6, 6.07) is 0.530. The molecule has 1 fully saturated rings. The molecule has 0 radical (unpaired) electrons. The first kappa shape index (κ1) is 25.3. The summed E-state index contributed by atoms with van der Waals surface area (Å²) in [6.07, 6.45) is -3.28. The Morgan fingerprint density at radius 1 is 1.32 bits per heavy atom. The second-order valence-electron chi connectivity index (χ2n) is 8.65. The van der Waals surface area contributed by atoms with E-state index < -0.39 is 31.3 Å². The molecule has 2 atom stereocenters. The van der Waals surface area contributed by atoms with Crippen LogP contribution in [0.3, 0.4) is 0 Å². The van der Waals surface area contributed by atoms with Gasteiger partial charge >= 0.3 is 12.1 Å². The van der Waals surface area contributed by atoms with Crippen LogP contribution in [-0.2, 0) is 31.9 Å². The van der Waals surface area contributed by atoms with Crippen LogP contribution in [0.1, 0.15) is 18.9 Å². The lowest BCUT2D eigenvalue weighted by molar-refractivity contribution is -0.148. The molecule has 0 aromatic carbocycles. The lowest BCUT2D eigenvalue weighted by Gasteiger charge is -2.17. The van der Waals surface area contributed by atoms with Gasteiger partial charge in [-0.25, -0.2) is 9.48 Å². The molecule has 0 aliphatic heterocycles. The van der Waals surface area contributed by atoms with Crippen molar-refractivity contribution in [2.45, 2.75) is 58.0 Å². The summed E-state index contributed by atoms with van der Waals surface area (Å²) in [6.45, 7) is 8.40. The molecule has 0 bridgehead atoms. The molecule has 8 nitrogen and oxygen atoms in total. The Hall–Kier alpha value is -1.92. The van der Waals surface area contributed by atoms with Gasteiger partial charge in [0.2, 0.25) is 0 Å². The lowest BCUT2D eigenvalue weighted by atomic mass is 10.2. The number of hydrogen-bond acceptors (Lipinski definition) is 7. The van der Waals surface area contributed by atoms with Crippen molar-refractivity contribution in [3.05, 3.63) is 22.1 Å². The topological polar surface area (TPSA) is 91.7 Å². The molecule has 1 aromatic heterocycles. The molecule has 176 valence electrons. The lowest BCUT2D eigenvalue weighted by Crippen LogP contribution is -2.33. The molecule has 1 aliphatic carbocycles. The van der Waals surface area contributed by atoms with Gasteiger partial charge < -0.3 is 19.5 Å². The third-order valence-corrected chi connectivity index (χ3v) is 6.36. The molecule has 1 N–H and O–H groups in total. The Balaban J connectivity index is 1.97. The maximum atomic E-state index is 13.6. The SMILES string of the molecule is CCOC(=O)COC[C@@H]1CC1Nc1cnn(COCC[Si](C)(C)C)c(=O)c1C(F)(F)F. The Morgan fingerprint density at radius 2 is 2.03 bits per heavy atom. The van der Waals surface area contributed by atoms with Crippen molar-refractivity contribution in [2.24, 2.45) is 5.92 Å². The highest BCUT2D eigenvalue weighted by molar-refractivity contribution is 6.76. The van der Waals surface area contributed by atoms with Gasteiger partial charge in [-0.15, -0.1) is 0 Å². The Labute approximate surface area is 180 Å². The molecule has 1 aromatic rings. The van der Waals surface area contributed by atoms with Crippen LogP contribution in [-0.4, -0.2) is 56.3 Å². The fourth-order valence-corrected chi connectivity index (χ4v) is 3.55. The number of nitrogens with one attached hydrogen (secondary N) is 1. The normalized spacial score (nSPS) is 18.7. The van der Waals surface area contributed by atoms with Crippen LogP contribution in [0.5, 0.6) is 0 Å². The minimum atomic E-state index is -4.84. The summed E-state index contributed by atoms with van der Waals surface area (Å²) in [5, 5.41) is 6.57. The first-order valence-electron chi connectivity index (χ1n) is 10.2. The smallest absolute Gasteiger partial charge is 0.423 e. The number of halogens is 3. The highest BCUT2D eigenvalue weighted by atomic mass is 28.3. The summed E-state index contributed by atoms with van der Waals surface area (Å²) in [5.74, 6) is -0.560. The van der Waals surface area contributed by atoms with Crippen molar-refractivity contribution >= 4 is 19.7 Å². The number of nitrogens with zero attached hydrogens (tertiary/aromatic N) is 2. The van der Waals surface area contributed by atoms with Crippen molar-refractivity contribution < 1.29 is 32.2 Å². The molecule has 0 spiro atoms. The van der Waals surface area contributed by atoms with Gasteiger partial charge in [-0.3, -0.25) is 4.79 Å². The Morgan fingerprint density at radius 3 is 2.65 bits per heavy atom. The molecule has 12 heteroatoms. The van der Waals surface area contributed by atoms with Gasteiger partial charge in [0, 0.05) is 26.6 Å². The zero-order valence-corrected chi connectivity index (χ0v) is 19.3. The van der Waals surface area contributed by atoms with E-state index in [9.17, 15) is 22.8 Å². The summed E-state index contributed by atoms with van der Waals surface area (Å²) >= 11 is 0. The largest absolute Gasteiger partial charge is 0.464 e. The molecule has 1 aliphatic rings. The third kappa shape index (κ3) is 8.26. The second-order valence-corrected chi connectivity index (χ2v) is 14.3. The summed E-state index contributed by atoms with van der Waals surface area (Å²) in [5.41, 5.74) is -2.91. The van der Waals surface area contributed by atoms with E-state index in [1.54, 1.807) is 6.92 Å². The highest BCUT2D eigenvalue weighted by Gasteiger charge is 2.42. The van der Waals surface area contributed by atoms with Gasteiger partial charge in [-0.1, -0.05) is 19.6 Å². The van der Waals surface area contributed by atoms with E-state index in [0.29, 0.717) is 17.7 Å². The summed E-state index contributed by atoms with van der Waals surface area (Å²) in [4.78, 5) is 23.7. The molecule has 1 unspecified atom stereocenters. The van der Waals surface area contributed by atoms with E-state index in [0.717, 1.165) is 12.2 Å². The Bertz CT molecular complexity index is 810. The van der Waals surface area contributed by atoms with Crippen molar-refractivity contribution in [3.8, 4) is 0 Å². The van der Waals surface area contributed by atoms with E-state index in [-0.39, 0.29) is 44.2 Å². The van der Waals surface area contributed by atoms with E-state index in [1.165, 1.54) is 0 Å². The molecule has 31 heavy (non-hydrogen) atoms. The van der Waals surface area contributed by atoms with Gasteiger partial charge in [0.1, 0.15) is 18.9 Å². The van der Waals surface area contributed by atoms with Crippen LogP contribution in [0.2, 0.25) is 25.7 Å². The van der Waals surface area contributed by atoms with Crippen LogP contribution in [0.25, 0.3) is 0 Å². The monoisotopic (exact) mass is 465 g/mol. The standard InChI is InChI=1S/C19H30F3N3O5Si/c1-5-30-16(26)11-29-10-13-8-14(13)24-15-9-23-25(12-28-6-7-31(2,3)4)18(27)17(15)19(20,21)22/h9,13-14,24H,5-8,10-12H2,1-4H3/t13-,14?/m0/s1. The van der Waals surface area contributed by atoms with Crippen LogP contribution >= 0.6 is 0 Å². The molecule has 1 heterocycles. The minimum absolute atomic E-state index is 0.0668. The number of ether oxygens (including phenoxy) is 3. The van der Waals surface area contributed by atoms with Crippen LogP contribution in [0, 0.1) is 5.92 Å². The molecule has 0 amide bonds. The van der Waals surface area contributed by atoms with Crippen LogP contribution in [0.15, 0.2) is 11.0 Å². The number of esters is 1. The van der Waals surface area contributed by atoms with Crippen molar-refractivity contribution in [1.82, 2.24) is 9.78 Å². The predicted octanol–water partition coefficient (Wildman–Crippen LogP) is 2.95. The zero-order valence-electron chi connectivity index (χ0n) is 18.3. The summed E-state index contributed by atoms with van der Waals surface area (Å²) in [7, 11) is -1.36. The van der Waals surface area contributed by atoms with Crippen molar-refractivity contribution in [3.63, 3.8) is 0 Å². The van der Waals surface area contributed by atoms with E-state index in [1.807, 2.05) is 0 Å².